The second kappa shape index (κ2) is 8.23. The molecule has 4 rings (SSSR count). The van der Waals surface area contributed by atoms with Crippen LogP contribution in [0.2, 0.25) is 0 Å². The van der Waals surface area contributed by atoms with Crippen molar-refractivity contribution in [3.05, 3.63) is 102 Å². The standard InChI is InChI=1S/C25H22N2O2/c1-17(28)15-18-7-9-19(10-8-18)16-22(23-6-2-3-13-26-23)21-12-11-20-5-4-14-27-24(20)25(21)29/h2-14,22,29H,15-16H2,1H3. The molecule has 144 valence electrons. The van der Waals surface area contributed by atoms with Gasteiger partial charge >= 0.3 is 0 Å². The molecule has 2 heterocycles. The number of hydrogen-bond donors (Lipinski definition) is 1. The van der Waals surface area contributed by atoms with E-state index in [2.05, 4.69) is 9.97 Å². The maximum absolute atomic E-state index is 11.3. The van der Waals surface area contributed by atoms with E-state index in [9.17, 15) is 9.90 Å². The Labute approximate surface area is 169 Å². The Morgan fingerprint density at radius 3 is 2.38 bits per heavy atom. The number of aromatic hydroxyl groups is 1. The molecule has 0 bridgehead atoms. The number of benzene rings is 2. The molecular weight excluding hydrogens is 360 g/mol. The van der Waals surface area contributed by atoms with Crippen LogP contribution in [0.3, 0.4) is 0 Å². The average molecular weight is 382 g/mol. The Kier molecular flexibility index (Phi) is 5.34. The van der Waals surface area contributed by atoms with E-state index >= 15 is 0 Å². The second-order valence-electron chi connectivity index (χ2n) is 7.29. The number of phenolic OH excluding ortho intramolecular Hbond substituents is 1. The lowest BCUT2D eigenvalue weighted by molar-refractivity contribution is -0.116. The van der Waals surface area contributed by atoms with E-state index in [-0.39, 0.29) is 17.5 Å². The summed E-state index contributed by atoms with van der Waals surface area (Å²) in [4.78, 5) is 20.3. The van der Waals surface area contributed by atoms with Gasteiger partial charge in [0.25, 0.3) is 0 Å². The van der Waals surface area contributed by atoms with Crippen molar-refractivity contribution in [2.24, 2.45) is 0 Å². The van der Waals surface area contributed by atoms with Gasteiger partial charge in [0.1, 0.15) is 17.0 Å². The quantitative estimate of drug-likeness (QED) is 0.518. The summed E-state index contributed by atoms with van der Waals surface area (Å²) >= 11 is 0. The van der Waals surface area contributed by atoms with Crippen molar-refractivity contribution in [3.63, 3.8) is 0 Å². The van der Waals surface area contributed by atoms with Gasteiger partial charge in [-0.15, -0.1) is 0 Å². The van der Waals surface area contributed by atoms with E-state index in [0.717, 1.165) is 27.8 Å². The first-order valence-electron chi connectivity index (χ1n) is 9.66. The number of ketones is 1. The molecule has 0 saturated heterocycles. The van der Waals surface area contributed by atoms with E-state index in [1.165, 1.54) is 0 Å². The van der Waals surface area contributed by atoms with Crippen molar-refractivity contribution < 1.29 is 9.90 Å². The molecule has 0 aliphatic carbocycles. The zero-order chi connectivity index (χ0) is 20.2. The molecule has 2 aromatic heterocycles. The Morgan fingerprint density at radius 2 is 1.66 bits per heavy atom. The van der Waals surface area contributed by atoms with Crippen molar-refractivity contribution in [2.75, 3.05) is 0 Å². The van der Waals surface area contributed by atoms with Gasteiger partial charge in [-0.1, -0.05) is 48.5 Å². The first-order chi connectivity index (χ1) is 14.1. The average Bonchev–Trinajstić information content (AvgIpc) is 2.74. The van der Waals surface area contributed by atoms with Crippen LogP contribution in [-0.4, -0.2) is 20.9 Å². The summed E-state index contributed by atoms with van der Waals surface area (Å²) in [5.74, 6) is 0.242. The number of hydrogen-bond acceptors (Lipinski definition) is 4. The van der Waals surface area contributed by atoms with Gasteiger partial charge in [0.2, 0.25) is 0 Å². The van der Waals surface area contributed by atoms with Crippen LogP contribution in [0.4, 0.5) is 0 Å². The third kappa shape index (κ3) is 4.16. The number of fused-ring (bicyclic) bond motifs is 1. The molecule has 0 spiro atoms. The lowest BCUT2D eigenvalue weighted by atomic mass is 9.87. The molecule has 4 heteroatoms. The molecule has 0 amide bonds. The molecule has 0 saturated carbocycles. The first kappa shape index (κ1) is 18.8. The Morgan fingerprint density at radius 1 is 0.897 bits per heavy atom. The topological polar surface area (TPSA) is 63.1 Å². The maximum atomic E-state index is 11.3. The highest BCUT2D eigenvalue weighted by molar-refractivity contribution is 5.85. The van der Waals surface area contributed by atoms with Gasteiger partial charge in [-0.2, -0.15) is 0 Å². The van der Waals surface area contributed by atoms with Crippen LogP contribution in [0.1, 0.15) is 35.2 Å². The van der Waals surface area contributed by atoms with Crippen LogP contribution in [0.15, 0.2) is 79.1 Å². The molecule has 1 unspecified atom stereocenters. The summed E-state index contributed by atoms with van der Waals surface area (Å²) in [5.41, 5.74) is 4.43. The van der Waals surface area contributed by atoms with Gasteiger partial charge in [0.15, 0.2) is 0 Å². The predicted molar refractivity (Wildman–Crippen MR) is 114 cm³/mol. The molecule has 1 atom stereocenters. The van der Waals surface area contributed by atoms with E-state index in [0.29, 0.717) is 18.4 Å². The fourth-order valence-electron chi connectivity index (χ4n) is 3.70. The van der Waals surface area contributed by atoms with Crippen molar-refractivity contribution in [3.8, 4) is 5.75 Å². The predicted octanol–water partition coefficient (Wildman–Crippen LogP) is 4.84. The number of carbonyl (C=O) groups is 1. The minimum Gasteiger partial charge on any atom is -0.505 e. The summed E-state index contributed by atoms with van der Waals surface area (Å²) in [6.07, 6.45) is 4.59. The van der Waals surface area contributed by atoms with Crippen molar-refractivity contribution in [1.82, 2.24) is 9.97 Å². The number of aromatic nitrogens is 2. The highest BCUT2D eigenvalue weighted by Gasteiger charge is 2.21. The summed E-state index contributed by atoms with van der Waals surface area (Å²) in [7, 11) is 0. The van der Waals surface area contributed by atoms with E-state index < -0.39 is 0 Å². The molecule has 0 fully saturated rings. The Balaban J connectivity index is 1.73. The number of Topliss-reactive ketones (excluding diaryl/α,β-unsaturated/α-hetero) is 1. The molecule has 2 aromatic carbocycles. The number of pyridine rings is 2. The molecule has 0 aliphatic rings. The molecule has 4 nitrogen and oxygen atoms in total. The fourth-order valence-corrected chi connectivity index (χ4v) is 3.70. The molecule has 4 aromatic rings. The third-order valence-electron chi connectivity index (χ3n) is 5.12. The van der Waals surface area contributed by atoms with Crippen LogP contribution in [0.25, 0.3) is 10.9 Å². The number of carbonyl (C=O) groups excluding carboxylic acids is 1. The van der Waals surface area contributed by atoms with E-state index in [1.54, 1.807) is 19.3 Å². The van der Waals surface area contributed by atoms with Crippen LogP contribution < -0.4 is 0 Å². The highest BCUT2D eigenvalue weighted by atomic mass is 16.3. The van der Waals surface area contributed by atoms with E-state index in [4.69, 9.17) is 0 Å². The Bertz CT molecular complexity index is 1140. The minimum atomic E-state index is -0.110. The van der Waals surface area contributed by atoms with Gasteiger partial charge in [0.05, 0.1) is 0 Å². The zero-order valence-electron chi connectivity index (χ0n) is 16.2. The normalized spacial score (nSPS) is 12.0. The largest absolute Gasteiger partial charge is 0.505 e. The minimum absolute atomic E-state index is 0.110. The number of nitrogens with zero attached hydrogens (tertiary/aromatic N) is 2. The summed E-state index contributed by atoms with van der Waals surface area (Å²) in [6, 6.07) is 21.7. The summed E-state index contributed by atoms with van der Waals surface area (Å²) in [5, 5.41) is 11.9. The molecule has 0 aliphatic heterocycles. The summed E-state index contributed by atoms with van der Waals surface area (Å²) in [6.45, 7) is 1.60. The van der Waals surface area contributed by atoms with Gasteiger partial charge in [-0.25, -0.2) is 0 Å². The van der Waals surface area contributed by atoms with Crippen LogP contribution in [0, 0.1) is 0 Å². The van der Waals surface area contributed by atoms with Crippen molar-refractivity contribution in [1.29, 1.82) is 0 Å². The molecule has 1 N–H and O–H groups in total. The van der Waals surface area contributed by atoms with Crippen LogP contribution in [0.5, 0.6) is 5.75 Å². The lowest BCUT2D eigenvalue weighted by Gasteiger charge is -2.19. The second-order valence-corrected chi connectivity index (χ2v) is 7.29. The molecule has 0 radical (unpaired) electrons. The number of rotatable bonds is 6. The van der Waals surface area contributed by atoms with Gasteiger partial charge in [-0.05, 0) is 42.7 Å². The Hall–Kier alpha value is -3.53. The first-order valence-corrected chi connectivity index (χ1v) is 9.66. The SMILES string of the molecule is CC(=O)Cc1ccc(CC(c2ccccn2)c2ccc3cccnc3c2O)cc1. The fraction of sp³-hybridized carbons (Fsp3) is 0.160. The van der Waals surface area contributed by atoms with E-state index in [1.807, 2.05) is 66.7 Å². The zero-order valence-corrected chi connectivity index (χ0v) is 16.2. The monoisotopic (exact) mass is 382 g/mol. The van der Waals surface area contributed by atoms with Crippen molar-refractivity contribution >= 4 is 16.7 Å². The maximum Gasteiger partial charge on any atom is 0.145 e. The third-order valence-corrected chi connectivity index (χ3v) is 5.12. The lowest BCUT2D eigenvalue weighted by Crippen LogP contribution is -2.08. The summed E-state index contributed by atoms with van der Waals surface area (Å²) < 4.78 is 0. The number of phenols is 1. The van der Waals surface area contributed by atoms with Crippen LogP contribution in [-0.2, 0) is 17.6 Å². The van der Waals surface area contributed by atoms with Gasteiger partial charge < -0.3 is 5.11 Å². The molecule has 29 heavy (non-hydrogen) atoms. The van der Waals surface area contributed by atoms with Crippen LogP contribution >= 0.6 is 0 Å². The van der Waals surface area contributed by atoms with Crippen molar-refractivity contribution in [2.45, 2.75) is 25.7 Å². The molecular formula is C25H22N2O2. The smallest absolute Gasteiger partial charge is 0.145 e. The van der Waals surface area contributed by atoms with Gasteiger partial charge in [-0.3, -0.25) is 14.8 Å². The highest BCUT2D eigenvalue weighted by Crippen LogP contribution is 2.37. The van der Waals surface area contributed by atoms with Gasteiger partial charge in [0, 0.05) is 41.4 Å².